The first-order chi connectivity index (χ1) is 9.82. The van der Waals surface area contributed by atoms with Crippen molar-refractivity contribution < 1.29 is 4.79 Å². The first-order valence-electron chi connectivity index (χ1n) is 7.49. The molecule has 1 saturated carbocycles. The molecule has 1 aliphatic carbocycles. The van der Waals surface area contributed by atoms with Crippen molar-refractivity contribution in [3.05, 3.63) is 46.5 Å². The highest BCUT2D eigenvalue weighted by atomic mass is 35.5. The fourth-order valence-corrected chi connectivity index (χ4v) is 3.07. The highest BCUT2D eigenvalue weighted by molar-refractivity contribution is 6.30. The number of carbonyl (C=O) groups excluding carboxylic acids is 1. The van der Waals surface area contributed by atoms with Crippen molar-refractivity contribution in [1.82, 2.24) is 5.32 Å². The van der Waals surface area contributed by atoms with Crippen LogP contribution in [0.3, 0.4) is 0 Å². The Morgan fingerprint density at radius 3 is 2.48 bits per heavy atom. The van der Waals surface area contributed by atoms with Gasteiger partial charge in [-0.05, 0) is 49.3 Å². The largest absolute Gasteiger partial charge is 0.355 e. The molecule has 0 aliphatic heterocycles. The van der Waals surface area contributed by atoms with E-state index in [0.717, 1.165) is 11.4 Å². The predicted molar refractivity (Wildman–Crippen MR) is 88.4 cm³/mol. The Hall–Kier alpha value is -1.28. The predicted octanol–water partition coefficient (Wildman–Crippen LogP) is 4.24. The lowest BCUT2D eigenvalue weighted by atomic mass is 10.1. The molecule has 2 atom stereocenters. The lowest BCUT2D eigenvalue weighted by molar-refractivity contribution is -0.123. The molecule has 1 amide bonds. The Kier molecular flexibility index (Phi) is 4.77. The number of allylic oxidation sites excluding steroid dienone is 2. The van der Waals surface area contributed by atoms with Gasteiger partial charge in [0.2, 0.25) is 5.91 Å². The van der Waals surface area contributed by atoms with Crippen LogP contribution in [0, 0.1) is 17.3 Å². The van der Waals surface area contributed by atoms with Crippen molar-refractivity contribution in [1.29, 1.82) is 0 Å². The molecule has 0 bridgehead atoms. The van der Waals surface area contributed by atoms with Crippen LogP contribution >= 0.6 is 11.6 Å². The van der Waals surface area contributed by atoms with Crippen LogP contribution in [0.5, 0.6) is 0 Å². The average Bonchev–Trinajstić information content (AvgIpc) is 2.92. The highest BCUT2D eigenvalue weighted by Gasteiger charge is 2.60. The molecule has 114 valence electrons. The highest BCUT2D eigenvalue weighted by Crippen LogP contribution is 2.59. The molecule has 0 aromatic heterocycles. The Bertz CT molecular complexity index is 541. The average molecular weight is 306 g/mol. The monoisotopic (exact) mass is 305 g/mol. The summed E-state index contributed by atoms with van der Waals surface area (Å²) in [6.45, 7) is 9.18. The number of amides is 1. The van der Waals surface area contributed by atoms with Crippen molar-refractivity contribution >= 4 is 17.5 Å². The zero-order chi connectivity index (χ0) is 15.6. The number of hydrogen-bond donors (Lipinski definition) is 1. The number of carbonyl (C=O) groups is 1. The fraction of sp³-hybridized carbons (Fsp3) is 0.500. The summed E-state index contributed by atoms with van der Waals surface area (Å²) in [5.41, 5.74) is 2.56. The van der Waals surface area contributed by atoms with E-state index in [-0.39, 0.29) is 17.2 Å². The van der Waals surface area contributed by atoms with E-state index in [4.69, 9.17) is 11.6 Å². The standard InChI is InChI=1S/C18H24ClNO/c1-12(2)11-15-16(18(15,3)4)17(21)20-10-9-13-5-7-14(19)8-6-13/h5-8,11,15-16H,9-10H2,1-4H3,(H,20,21)/t15-,16-/m0/s1. The van der Waals surface area contributed by atoms with Crippen LogP contribution in [0.25, 0.3) is 0 Å². The Balaban J connectivity index is 1.83. The third-order valence-corrected chi connectivity index (χ3v) is 4.58. The SMILES string of the molecule is CC(C)=C[C@H]1[C@@H](C(=O)NCCc2ccc(Cl)cc2)C1(C)C. The molecule has 0 saturated heterocycles. The van der Waals surface area contributed by atoms with Gasteiger partial charge in [-0.2, -0.15) is 0 Å². The van der Waals surface area contributed by atoms with Gasteiger partial charge in [0, 0.05) is 11.6 Å². The quantitative estimate of drug-likeness (QED) is 0.810. The van der Waals surface area contributed by atoms with Crippen molar-refractivity contribution in [3.63, 3.8) is 0 Å². The zero-order valence-corrected chi connectivity index (χ0v) is 14.0. The summed E-state index contributed by atoms with van der Waals surface area (Å²) in [5, 5.41) is 3.81. The van der Waals surface area contributed by atoms with Crippen molar-refractivity contribution in [3.8, 4) is 0 Å². The number of nitrogens with one attached hydrogen (secondary N) is 1. The van der Waals surface area contributed by atoms with Crippen molar-refractivity contribution in [2.75, 3.05) is 6.54 Å². The van der Waals surface area contributed by atoms with Crippen LogP contribution in [0.2, 0.25) is 5.02 Å². The summed E-state index contributed by atoms with van der Waals surface area (Å²) in [6.07, 6.45) is 3.06. The molecule has 2 rings (SSSR count). The van der Waals surface area contributed by atoms with E-state index in [1.807, 2.05) is 24.3 Å². The summed E-state index contributed by atoms with van der Waals surface area (Å²) < 4.78 is 0. The lowest BCUT2D eigenvalue weighted by Gasteiger charge is -2.06. The van der Waals surface area contributed by atoms with Crippen LogP contribution < -0.4 is 5.32 Å². The molecule has 3 heteroatoms. The molecule has 1 aliphatic rings. The van der Waals surface area contributed by atoms with E-state index in [2.05, 4.69) is 39.1 Å². The molecule has 0 unspecified atom stereocenters. The summed E-state index contributed by atoms with van der Waals surface area (Å²) in [7, 11) is 0. The number of hydrogen-bond acceptors (Lipinski definition) is 1. The van der Waals surface area contributed by atoms with Crippen molar-refractivity contribution in [2.24, 2.45) is 17.3 Å². The Labute approximate surface area is 132 Å². The first-order valence-corrected chi connectivity index (χ1v) is 7.87. The smallest absolute Gasteiger partial charge is 0.224 e. The van der Waals surface area contributed by atoms with E-state index in [9.17, 15) is 4.79 Å². The molecular weight excluding hydrogens is 282 g/mol. The topological polar surface area (TPSA) is 29.1 Å². The normalized spacial score (nSPS) is 22.5. The Morgan fingerprint density at radius 2 is 1.90 bits per heavy atom. The molecule has 1 aromatic carbocycles. The number of rotatable bonds is 5. The maximum Gasteiger partial charge on any atom is 0.224 e. The second-order valence-electron chi connectivity index (χ2n) is 6.74. The first kappa shape index (κ1) is 16.1. The summed E-state index contributed by atoms with van der Waals surface area (Å²) in [4.78, 5) is 12.3. The van der Waals surface area contributed by atoms with E-state index >= 15 is 0 Å². The molecule has 21 heavy (non-hydrogen) atoms. The van der Waals surface area contributed by atoms with Crippen LogP contribution in [0.15, 0.2) is 35.9 Å². The fourth-order valence-electron chi connectivity index (χ4n) is 2.94. The minimum atomic E-state index is 0.0849. The van der Waals surface area contributed by atoms with E-state index < -0.39 is 0 Å². The summed E-state index contributed by atoms with van der Waals surface area (Å²) in [5.74, 6) is 0.659. The van der Waals surface area contributed by atoms with Crippen molar-refractivity contribution in [2.45, 2.75) is 34.1 Å². The summed E-state index contributed by atoms with van der Waals surface area (Å²) >= 11 is 5.86. The van der Waals surface area contributed by atoms with Crippen LogP contribution in [0.4, 0.5) is 0 Å². The molecule has 0 heterocycles. The van der Waals surface area contributed by atoms with Gasteiger partial charge < -0.3 is 5.32 Å². The maximum atomic E-state index is 12.3. The third kappa shape index (κ3) is 3.88. The lowest BCUT2D eigenvalue weighted by Crippen LogP contribution is -2.28. The Morgan fingerprint density at radius 1 is 1.29 bits per heavy atom. The van der Waals surface area contributed by atoms with Gasteiger partial charge in [-0.25, -0.2) is 0 Å². The minimum absolute atomic E-state index is 0.0849. The third-order valence-electron chi connectivity index (χ3n) is 4.33. The van der Waals surface area contributed by atoms with Gasteiger partial charge in [0.25, 0.3) is 0 Å². The van der Waals surface area contributed by atoms with Gasteiger partial charge in [0.05, 0.1) is 5.92 Å². The molecule has 1 fully saturated rings. The summed E-state index contributed by atoms with van der Waals surface area (Å²) in [6, 6.07) is 7.77. The number of benzene rings is 1. The van der Waals surface area contributed by atoms with Crippen LogP contribution in [-0.4, -0.2) is 12.5 Å². The van der Waals surface area contributed by atoms with Crippen LogP contribution in [-0.2, 0) is 11.2 Å². The zero-order valence-electron chi connectivity index (χ0n) is 13.2. The molecular formula is C18H24ClNO. The second kappa shape index (κ2) is 6.23. The van der Waals surface area contributed by atoms with E-state index in [0.29, 0.717) is 12.5 Å². The molecule has 0 spiro atoms. The molecule has 2 nitrogen and oxygen atoms in total. The number of halogens is 1. The minimum Gasteiger partial charge on any atom is -0.355 e. The van der Waals surface area contributed by atoms with Gasteiger partial charge in [-0.3, -0.25) is 4.79 Å². The maximum absolute atomic E-state index is 12.3. The molecule has 1 N–H and O–H groups in total. The molecule has 0 radical (unpaired) electrons. The van der Waals surface area contributed by atoms with Gasteiger partial charge in [-0.1, -0.05) is 49.2 Å². The molecule has 1 aromatic rings. The van der Waals surface area contributed by atoms with Gasteiger partial charge in [0.15, 0.2) is 0 Å². The van der Waals surface area contributed by atoms with Crippen LogP contribution in [0.1, 0.15) is 33.3 Å². The van der Waals surface area contributed by atoms with Gasteiger partial charge in [-0.15, -0.1) is 0 Å². The van der Waals surface area contributed by atoms with E-state index in [1.54, 1.807) is 0 Å². The second-order valence-corrected chi connectivity index (χ2v) is 7.17. The van der Waals surface area contributed by atoms with Gasteiger partial charge >= 0.3 is 0 Å². The van der Waals surface area contributed by atoms with Gasteiger partial charge in [0.1, 0.15) is 0 Å². The van der Waals surface area contributed by atoms with E-state index in [1.165, 1.54) is 11.1 Å².